The molecule has 120 valence electrons. The van der Waals surface area contributed by atoms with E-state index >= 15 is 0 Å². The molecule has 0 amide bonds. The first kappa shape index (κ1) is 15.8. The number of aliphatic imine (C=N–C) groups is 1. The second kappa shape index (κ2) is 5.54. The Hall–Kier alpha value is -2.05. The van der Waals surface area contributed by atoms with E-state index in [1.807, 2.05) is 25.2 Å². The summed E-state index contributed by atoms with van der Waals surface area (Å²) >= 11 is 6.10. The van der Waals surface area contributed by atoms with E-state index in [-0.39, 0.29) is 0 Å². The Kier molecular flexibility index (Phi) is 3.81. The van der Waals surface area contributed by atoms with E-state index in [1.165, 1.54) is 0 Å². The monoisotopic (exact) mass is 348 g/mol. The average Bonchev–Trinajstić information content (AvgIpc) is 2.42. The number of rotatable bonds is 0. The highest BCUT2D eigenvalue weighted by Crippen LogP contribution is 2.33. The molecular weight excluding hydrogens is 332 g/mol. The van der Waals surface area contributed by atoms with Gasteiger partial charge in [0.15, 0.2) is 0 Å². The number of benzene rings is 1. The maximum absolute atomic E-state index is 12.3. The van der Waals surface area contributed by atoms with Gasteiger partial charge in [-0.2, -0.15) is 0 Å². The molecule has 3 rings (SSSR count). The molecule has 0 atom stereocenters. The van der Waals surface area contributed by atoms with Crippen molar-refractivity contribution >= 4 is 37.2 Å². The van der Waals surface area contributed by atoms with Crippen molar-refractivity contribution in [1.29, 1.82) is 0 Å². The summed E-state index contributed by atoms with van der Waals surface area (Å²) in [4.78, 5) is 20.3. The van der Waals surface area contributed by atoms with Crippen LogP contribution >= 0.6 is 11.6 Å². The van der Waals surface area contributed by atoms with Gasteiger partial charge < -0.3 is 13.8 Å². The van der Waals surface area contributed by atoms with Crippen molar-refractivity contribution in [3.05, 3.63) is 51.0 Å². The Morgan fingerprint density at radius 3 is 2.70 bits per heavy atom. The van der Waals surface area contributed by atoms with Gasteiger partial charge in [-0.25, -0.2) is 4.79 Å². The summed E-state index contributed by atoms with van der Waals surface area (Å²) in [6.45, 7) is 7.51. The molecule has 0 bridgehead atoms. The molecule has 1 N–H and O–H groups in total. The Bertz CT molecular complexity index is 874. The summed E-state index contributed by atoms with van der Waals surface area (Å²) < 4.78 is 11.4. The molecule has 0 aliphatic carbocycles. The first-order valence-corrected chi connectivity index (χ1v) is 10.5. The first-order valence-electron chi connectivity index (χ1n) is 7.22. The van der Waals surface area contributed by atoms with Gasteiger partial charge in [-0.1, -0.05) is 11.6 Å². The van der Waals surface area contributed by atoms with Crippen LogP contribution < -0.4 is 15.0 Å². The van der Waals surface area contributed by atoms with Crippen LogP contribution in [0.5, 0.6) is 5.75 Å². The minimum atomic E-state index is -2.37. The molecule has 0 unspecified atom stereocenters. The summed E-state index contributed by atoms with van der Waals surface area (Å²) in [6.07, 6.45) is 0. The van der Waals surface area contributed by atoms with Crippen LogP contribution in [0.15, 0.2) is 38.5 Å². The van der Waals surface area contributed by atoms with Gasteiger partial charge in [0, 0.05) is 11.1 Å². The van der Waals surface area contributed by atoms with Crippen molar-refractivity contribution in [2.45, 2.75) is 26.9 Å². The Morgan fingerprint density at radius 2 is 1.96 bits per heavy atom. The minimum absolute atomic E-state index is 0.362. The van der Waals surface area contributed by atoms with Crippen LogP contribution in [0.1, 0.15) is 18.2 Å². The second-order valence-corrected chi connectivity index (χ2v) is 9.89. The third-order valence-corrected chi connectivity index (χ3v) is 5.28. The summed E-state index contributed by atoms with van der Waals surface area (Å²) in [5, 5.41) is 0.612. The highest BCUT2D eigenvalue weighted by atomic mass is 35.5. The molecular formula is C16H17ClN2O3Si. The molecule has 0 spiro atoms. The molecule has 5 nitrogen and oxygen atoms in total. The van der Waals surface area contributed by atoms with Crippen molar-refractivity contribution in [3.63, 3.8) is 0 Å². The fraction of sp³-hybridized carbons (Fsp3) is 0.250. The molecule has 0 saturated carbocycles. The molecule has 0 saturated heterocycles. The third kappa shape index (κ3) is 3.18. The molecule has 1 aromatic heterocycles. The predicted octanol–water partition coefficient (Wildman–Crippen LogP) is 4.25. The van der Waals surface area contributed by atoms with Gasteiger partial charge in [0.05, 0.1) is 17.1 Å². The Labute approximate surface area is 140 Å². The zero-order valence-electron chi connectivity index (χ0n) is 13.4. The topological polar surface area (TPSA) is 63.8 Å². The lowest BCUT2D eigenvalue weighted by Gasteiger charge is -2.26. The summed E-state index contributed by atoms with van der Waals surface area (Å²) in [5.41, 5.74) is 1.97. The highest BCUT2D eigenvalue weighted by Gasteiger charge is 2.30. The van der Waals surface area contributed by atoms with Crippen LogP contribution in [0.25, 0.3) is 0 Å². The van der Waals surface area contributed by atoms with Crippen molar-refractivity contribution in [3.8, 4) is 5.75 Å². The SMILES string of the molecule is CC1=Nc2ccc(Cl)cc2N[Si](C)(C)Oc2cc(C)oc(=O)c21. The van der Waals surface area contributed by atoms with Crippen LogP contribution in [0.2, 0.25) is 18.1 Å². The van der Waals surface area contributed by atoms with Gasteiger partial charge in [-0.3, -0.25) is 4.99 Å². The molecule has 1 aliphatic rings. The van der Waals surface area contributed by atoms with Gasteiger partial charge in [0.1, 0.15) is 17.1 Å². The highest BCUT2D eigenvalue weighted by molar-refractivity contribution is 6.75. The van der Waals surface area contributed by atoms with Crippen LogP contribution in [0.3, 0.4) is 0 Å². The van der Waals surface area contributed by atoms with Gasteiger partial charge >= 0.3 is 14.1 Å². The Balaban J connectivity index is 2.30. The summed E-state index contributed by atoms with van der Waals surface area (Å²) in [5.74, 6) is 1.01. The lowest BCUT2D eigenvalue weighted by Crippen LogP contribution is -2.44. The van der Waals surface area contributed by atoms with Gasteiger partial charge in [0.2, 0.25) is 0 Å². The van der Waals surface area contributed by atoms with E-state index in [2.05, 4.69) is 9.97 Å². The fourth-order valence-electron chi connectivity index (χ4n) is 2.56. The van der Waals surface area contributed by atoms with E-state index in [1.54, 1.807) is 26.0 Å². The smallest absolute Gasteiger partial charge is 0.352 e. The van der Waals surface area contributed by atoms with Gasteiger partial charge in [-0.05, 0) is 45.1 Å². The quantitative estimate of drug-likeness (QED) is 0.723. The lowest BCUT2D eigenvalue weighted by atomic mass is 10.1. The molecule has 0 radical (unpaired) electrons. The zero-order valence-corrected chi connectivity index (χ0v) is 15.1. The van der Waals surface area contributed by atoms with E-state index in [0.717, 1.165) is 5.69 Å². The van der Waals surface area contributed by atoms with Crippen molar-refractivity contribution in [2.24, 2.45) is 4.99 Å². The average molecular weight is 349 g/mol. The molecule has 0 fully saturated rings. The van der Waals surface area contributed by atoms with Crippen LogP contribution in [-0.4, -0.2) is 14.2 Å². The number of fused-ring (bicyclic) bond motifs is 2. The lowest BCUT2D eigenvalue weighted by molar-refractivity contribution is 0.460. The second-order valence-electron chi connectivity index (χ2n) is 5.98. The van der Waals surface area contributed by atoms with E-state index in [9.17, 15) is 4.79 Å². The number of nitrogens with one attached hydrogen (secondary N) is 1. The van der Waals surface area contributed by atoms with E-state index in [4.69, 9.17) is 20.4 Å². The molecule has 1 aromatic carbocycles. The summed E-state index contributed by atoms with van der Waals surface area (Å²) in [6, 6.07) is 7.13. The fourth-order valence-corrected chi connectivity index (χ4v) is 4.34. The van der Waals surface area contributed by atoms with Gasteiger partial charge in [0.25, 0.3) is 0 Å². The first-order chi connectivity index (χ1) is 10.7. The van der Waals surface area contributed by atoms with Crippen LogP contribution in [0, 0.1) is 6.92 Å². The molecule has 2 aromatic rings. The van der Waals surface area contributed by atoms with Crippen molar-refractivity contribution in [1.82, 2.24) is 0 Å². The van der Waals surface area contributed by atoms with Crippen LogP contribution in [0.4, 0.5) is 11.4 Å². The number of anilines is 1. The predicted molar refractivity (Wildman–Crippen MR) is 94.8 cm³/mol. The van der Waals surface area contributed by atoms with Gasteiger partial charge in [-0.15, -0.1) is 0 Å². The van der Waals surface area contributed by atoms with Crippen molar-refractivity contribution in [2.75, 3.05) is 4.98 Å². The van der Waals surface area contributed by atoms with Crippen LogP contribution in [-0.2, 0) is 0 Å². The Morgan fingerprint density at radius 1 is 1.22 bits per heavy atom. The molecule has 1 aliphatic heterocycles. The maximum atomic E-state index is 12.3. The minimum Gasteiger partial charge on any atom is -0.524 e. The van der Waals surface area contributed by atoms with Crippen molar-refractivity contribution < 1.29 is 8.84 Å². The number of hydrogen-bond acceptors (Lipinski definition) is 5. The number of hydrogen-bond donors (Lipinski definition) is 1. The molecule has 23 heavy (non-hydrogen) atoms. The zero-order chi connectivity index (χ0) is 16.8. The molecule has 7 heteroatoms. The standard InChI is InChI=1S/C16H17ClN2O3Si/c1-9-7-14-15(16(20)21-9)10(2)18-12-6-5-11(17)8-13(12)19-23(3,4)22-14/h5-8,19H,1-4H3. The number of halogens is 1. The number of nitrogens with zero attached hydrogens (tertiary/aromatic N) is 1. The molecule has 2 heterocycles. The van der Waals surface area contributed by atoms with E-state index in [0.29, 0.717) is 33.5 Å². The largest absolute Gasteiger partial charge is 0.524 e. The van der Waals surface area contributed by atoms with E-state index < -0.39 is 14.1 Å². The third-order valence-electron chi connectivity index (χ3n) is 3.45. The maximum Gasteiger partial charge on any atom is 0.352 e. The number of aryl methyl sites for hydroxylation is 1. The summed E-state index contributed by atoms with van der Waals surface area (Å²) in [7, 11) is -2.37. The normalized spacial score (nSPS) is 15.8.